The minimum absolute atomic E-state index is 0.432. The van der Waals surface area contributed by atoms with E-state index in [1.54, 1.807) is 0 Å². The molecule has 0 saturated carbocycles. The highest BCUT2D eigenvalue weighted by Crippen LogP contribution is 2.46. The summed E-state index contributed by atoms with van der Waals surface area (Å²) in [4.78, 5) is 2.69. The number of rotatable bonds is 0. The highest BCUT2D eigenvalue weighted by atomic mass is 79.9. The Morgan fingerprint density at radius 1 is 1.12 bits per heavy atom. The van der Waals surface area contributed by atoms with E-state index in [2.05, 4.69) is 64.5 Å². The molecule has 4 rings (SSSR count). The molecule has 2 heteroatoms. The first-order chi connectivity index (χ1) is 8.31. The van der Waals surface area contributed by atoms with Crippen LogP contribution in [0.2, 0.25) is 0 Å². The molecule has 17 heavy (non-hydrogen) atoms. The lowest BCUT2D eigenvalue weighted by Crippen LogP contribution is -1.99. The fraction of sp³-hybridized carbons (Fsp3) is 0.0667. The summed E-state index contributed by atoms with van der Waals surface area (Å²) in [5.41, 5.74) is 4.22. The summed E-state index contributed by atoms with van der Waals surface area (Å²) in [7, 11) is 0. The Morgan fingerprint density at radius 3 is 3.00 bits per heavy atom. The van der Waals surface area contributed by atoms with Gasteiger partial charge in [0.05, 0.1) is 0 Å². The van der Waals surface area contributed by atoms with Crippen molar-refractivity contribution in [1.29, 1.82) is 0 Å². The zero-order valence-corrected chi connectivity index (χ0v) is 11.4. The first-order valence-electron chi connectivity index (χ1n) is 5.61. The zero-order valence-electron chi connectivity index (χ0n) is 8.98. The van der Waals surface area contributed by atoms with Crippen molar-refractivity contribution in [3.8, 4) is 0 Å². The number of fused-ring (bicyclic) bond motifs is 3. The van der Waals surface area contributed by atoms with Crippen LogP contribution in [0, 0.1) is 0 Å². The average Bonchev–Trinajstić information content (AvgIpc) is 2.73. The van der Waals surface area contributed by atoms with E-state index in [0.29, 0.717) is 5.92 Å². The van der Waals surface area contributed by atoms with Gasteiger partial charge in [-0.2, -0.15) is 0 Å². The maximum Gasteiger partial charge on any atom is 0.0279 e. The lowest BCUT2D eigenvalue weighted by molar-refractivity contribution is 1.02. The standard InChI is InChI=1S/C15H9BrS/c16-10-7-14-12-4-5-13(14)15(8-10)17-11-3-1-2-9(12)6-11/h1-8,12H. The maximum absolute atomic E-state index is 3.62. The molecule has 0 amide bonds. The van der Waals surface area contributed by atoms with Crippen molar-refractivity contribution in [3.63, 3.8) is 0 Å². The summed E-state index contributed by atoms with van der Waals surface area (Å²) in [6.45, 7) is 0. The van der Waals surface area contributed by atoms with Crippen LogP contribution in [0.15, 0.2) is 56.7 Å². The monoisotopic (exact) mass is 300 g/mol. The van der Waals surface area contributed by atoms with Gasteiger partial charge in [0.1, 0.15) is 0 Å². The minimum atomic E-state index is 0.432. The molecule has 1 aliphatic carbocycles. The molecule has 1 aliphatic heterocycles. The van der Waals surface area contributed by atoms with Gasteiger partial charge in [0.25, 0.3) is 0 Å². The van der Waals surface area contributed by atoms with Crippen LogP contribution in [0.4, 0.5) is 0 Å². The topological polar surface area (TPSA) is 0 Å². The molecule has 6 bridgehead atoms. The van der Waals surface area contributed by atoms with Crippen molar-refractivity contribution in [1.82, 2.24) is 0 Å². The van der Waals surface area contributed by atoms with Gasteiger partial charge in [0, 0.05) is 20.2 Å². The Bertz CT molecular complexity index is 658. The van der Waals surface area contributed by atoms with E-state index in [1.807, 2.05) is 11.8 Å². The van der Waals surface area contributed by atoms with E-state index in [9.17, 15) is 0 Å². The highest BCUT2D eigenvalue weighted by molar-refractivity contribution is 9.10. The molecule has 0 nitrogen and oxygen atoms in total. The third kappa shape index (κ3) is 1.44. The summed E-state index contributed by atoms with van der Waals surface area (Å²) in [6, 6.07) is 13.3. The minimum Gasteiger partial charge on any atom is -0.0894 e. The molecular formula is C15H9BrS. The van der Waals surface area contributed by atoms with Crippen LogP contribution < -0.4 is 0 Å². The smallest absolute Gasteiger partial charge is 0.0279 e. The van der Waals surface area contributed by atoms with E-state index >= 15 is 0 Å². The van der Waals surface area contributed by atoms with Gasteiger partial charge >= 0.3 is 0 Å². The van der Waals surface area contributed by atoms with Gasteiger partial charge in [-0.15, -0.1) is 0 Å². The number of hydrogen-bond donors (Lipinski definition) is 0. The van der Waals surface area contributed by atoms with Crippen LogP contribution in [-0.2, 0) is 0 Å². The summed E-state index contributed by atoms with van der Waals surface area (Å²) in [5.74, 6) is 0.432. The van der Waals surface area contributed by atoms with Gasteiger partial charge in [-0.3, -0.25) is 0 Å². The SMILES string of the molecule is Brc1cc2c3c(c1)C(C=C3)c1cccc(c1)S2. The van der Waals surface area contributed by atoms with Gasteiger partial charge < -0.3 is 0 Å². The predicted molar refractivity (Wildman–Crippen MR) is 75.6 cm³/mol. The summed E-state index contributed by atoms with van der Waals surface area (Å²) in [6.07, 6.45) is 4.58. The van der Waals surface area contributed by atoms with Crippen LogP contribution in [0.25, 0.3) is 6.08 Å². The van der Waals surface area contributed by atoms with E-state index in [1.165, 1.54) is 31.0 Å². The van der Waals surface area contributed by atoms with Crippen molar-refractivity contribution >= 4 is 33.8 Å². The Labute approximate surface area is 113 Å². The molecule has 82 valence electrons. The Kier molecular flexibility index (Phi) is 2.06. The molecular weight excluding hydrogens is 292 g/mol. The third-order valence-electron chi connectivity index (χ3n) is 3.37. The predicted octanol–water partition coefficient (Wildman–Crippen LogP) is 5.07. The van der Waals surface area contributed by atoms with Gasteiger partial charge in [-0.1, -0.05) is 52.0 Å². The van der Waals surface area contributed by atoms with E-state index in [0.717, 1.165) is 0 Å². The number of hydrogen-bond acceptors (Lipinski definition) is 1. The lowest BCUT2D eigenvalue weighted by Gasteiger charge is -2.18. The molecule has 0 aromatic heterocycles. The number of halogens is 1. The second kappa shape index (κ2) is 3.50. The number of benzene rings is 2. The Hall–Kier alpha value is -0.990. The van der Waals surface area contributed by atoms with Crippen molar-refractivity contribution < 1.29 is 0 Å². The van der Waals surface area contributed by atoms with E-state index < -0.39 is 0 Å². The average molecular weight is 301 g/mol. The van der Waals surface area contributed by atoms with Crippen LogP contribution >= 0.6 is 27.7 Å². The molecule has 0 N–H and O–H groups in total. The van der Waals surface area contributed by atoms with Crippen LogP contribution in [0.3, 0.4) is 0 Å². The summed E-state index contributed by atoms with van der Waals surface area (Å²) in [5, 5.41) is 0. The van der Waals surface area contributed by atoms with Crippen molar-refractivity contribution in [2.24, 2.45) is 0 Å². The molecule has 2 aromatic rings. The van der Waals surface area contributed by atoms with Gasteiger partial charge in [-0.05, 0) is 41.0 Å². The molecule has 1 heterocycles. The molecule has 1 atom stereocenters. The fourth-order valence-electron chi connectivity index (χ4n) is 2.62. The van der Waals surface area contributed by atoms with Crippen molar-refractivity contribution in [3.05, 3.63) is 63.6 Å². The summed E-state index contributed by atoms with van der Waals surface area (Å²) < 4.78 is 1.18. The quantitative estimate of drug-likeness (QED) is 0.654. The second-order valence-corrected chi connectivity index (χ2v) is 6.45. The highest BCUT2D eigenvalue weighted by Gasteiger charge is 2.24. The van der Waals surface area contributed by atoms with E-state index in [4.69, 9.17) is 0 Å². The molecule has 0 radical (unpaired) electrons. The third-order valence-corrected chi connectivity index (χ3v) is 4.88. The molecule has 2 aliphatic rings. The van der Waals surface area contributed by atoms with Gasteiger partial charge in [0.15, 0.2) is 0 Å². The first kappa shape index (κ1) is 9.98. The largest absolute Gasteiger partial charge is 0.0894 e. The molecule has 0 fully saturated rings. The zero-order chi connectivity index (χ0) is 11.4. The van der Waals surface area contributed by atoms with Gasteiger partial charge in [-0.25, -0.2) is 0 Å². The lowest BCUT2D eigenvalue weighted by atomic mass is 9.93. The van der Waals surface area contributed by atoms with Crippen LogP contribution in [0.1, 0.15) is 22.6 Å². The van der Waals surface area contributed by atoms with Crippen LogP contribution in [-0.4, -0.2) is 0 Å². The van der Waals surface area contributed by atoms with Gasteiger partial charge in [0.2, 0.25) is 0 Å². The molecule has 1 unspecified atom stereocenters. The molecule has 0 saturated heterocycles. The number of allylic oxidation sites excluding steroid dienone is 1. The van der Waals surface area contributed by atoms with E-state index in [-0.39, 0.29) is 0 Å². The second-order valence-electron chi connectivity index (χ2n) is 4.42. The van der Waals surface area contributed by atoms with Crippen molar-refractivity contribution in [2.45, 2.75) is 15.7 Å². The first-order valence-corrected chi connectivity index (χ1v) is 7.22. The maximum atomic E-state index is 3.62. The Morgan fingerprint density at radius 2 is 2.06 bits per heavy atom. The van der Waals surface area contributed by atoms with Crippen molar-refractivity contribution in [2.75, 3.05) is 0 Å². The normalized spacial score (nSPS) is 19.0. The molecule has 2 aromatic carbocycles. The fourth-order valence-corrected chi connectivity index (χ4v) is 4.32. The Balaban J connectivity index is 2.08. The summed E-state index contributed by atoms with van der Waals surface area (Å²) >= 11 is 5.47. The molecule has 0 spiro atoms. The van der Waals surface area contributed by atoms with Crippen LogP contribution in [0.5, 0.6) is 0 Å².